The Balaban J connectivity index is 1.54. The van der Waals surface area contributed by atoms with Gasteiger partial charge in [0.15, 0.2) is 16.6 Å². The van der Waals surface area contributed by atoms with E-state index in [1.165, 1.54) is 0 Å². The molecule has 2 aromatic rings. The van der Waals surface area contributed by atoms with Crippen LogP contribution >= 0.6 is 0 Å². The predicted molar refractivity (Wildman–Crippen MR) is 224 cm³/mol. The second-order valence-electron chi connectivity index (χ2n) is 18.2. The van der Waals surface area contributed by atoms with Crippen molar-refractivity contribution in [2.24, 2.45) is 5.92 Å². The Kier molecular flexibility index (Phi) is 18.0. The van der Waals surface area contributed by atoms with Gasteiger partial charge in [0.2, 0.25) is 0 Å². The molecular formula is C44H72O8Si2. The number of ether oxygens (including phenoxy) is 4. The molecule has 0 aliphatic carbocycles. The van der Waals surface area contributed by atoms with Crippen LogP contribution in [-0.4, -0.2) is 83.8 Å². The Hall–Kier alpha value is -2.05. The summed E-state index contributed by atoms with van der Waals surface area (Å²) in [5.74, 6) is 7.22. The van der Waals surface area contributed by atoms with Gasteiger partial charge in [0.25, 0.3) is 0 Å². The van der Waals surface area contributed by atoms with Crippen LogP contribution in [0.15, 0.2) is 54.6 Å². The van der Waals surface area contributed by atoms with Crippen LogP contribution in [0.5, 0.6) is 5.75 Å². The molecule has 10 heteroatoms. The number of hydrogen-bond donors (Lipinski definition) is 2. The highest BCUT2D eigenvalue weighted by molar-refractivity contribution is 6.74. The summed E-state index contributed by atoms with van der Waals surface area (Å²) in [4.78, 5) is 0. The second-order valence-corrected chi connectivity index (χ2v) is 27.7. The van der Waals surface area contributed by atoms with Gasteiger partial charge in [-0.05, 0) is 84.7 Å². The Morgan fingerprint density at radius 2 is 1.44 bits per heavy atom. The molecule has 7 atom stereocenters. The zero-order valence-corrected chi connectivity index (χ0v) is 37.4. The van der Waals surface area contributed by atoms with Crippen molar-refractivity contribution in [1.29, 1.82) is 0 Å². The van der Waals surface area contributed by atoms with E-state index in [2.05, 4.69) is 98.6 Å². The molecule has 54 heavy (non-hydrogen) atoms. The van der Waals surface area contributed by atoms with Gasteiger partial charge in [0, 0.05) is 12.8 Å². The summed E-state index contributed by atoms with van der Waals surface area (Å²) in [6.07, 6.45) is 0.802. The summed E-state index contributed by atoms with van der Waals surface area (Å²) in [5, 5.41) is 22.3. The average molecular weight is 785 g/mol. The first-order valence-electron chi connectivity index (χ1n) is 19.9. The number of methoxy groups -OCH3 is 1. The molecule has 2 aromatic carbocycles. The van der Waals surface area contributed by atoms with Crippen LogP contribution < -0.4 is 4.74 Å². The number of rotatable bonds is 20. The van der Waals surface area contributed by atoms with E-state index in [9.17, 15) is 10.2 Å². The summed E-state index contributed by atoms with van der Waals surface area (Å²) in [7, 11) is -2.52. The number of benzene rings is 2. The molecule has 1 heterocycles. The van der Waals surface area contributed by atoms with Gasteiger partial charge in [-0.15, -0.1) is 0 Å². The molecule has 0 aromatic heterocycles. The van der Waals surface area contributed by atoms with Gasteiger partial charge in [0.1, 0.15) is 11.9 Å². The average Bonchev–Trinajstić information content (AvgIpc) is 3.46. The van der Waals surface area contributed by atoms with Crippen molar-refractivity contribution >= 4 is 16.6 Å². The largest absolute Gasteiger partial charge is 0.497 e. The standard InChI is InChI=1S/C44H72O8Si2/c1-33(27-41-42(52-54(11,12)44(5,6)7)28-39(50-41)32-49-29-34-17-14-13-15-18-34)40(46)26-23-36(45)19-16-20-38(51-53(9,10)43(2,3)4)31-48-30-35-21-24-37(47-8)25-22-35/h13-15,17-18,21-22,24-25,33,36,38-42,45-46H,19,23,26-32H2,1-12H3/t33-,36?,38+,39+,40+,41-,42-/m1/s1. The van der Waals surface area contributed by atoms with E-state index in [0.29, 0.717) is 52.1 Å². The molecule has 2 N–H and O–H groups in total. The number of aliphatic hydroxyl groups excluding tert-OH is 2. The van der Waals surface area contributed by atoms with Crippen molar-refractivity contribution < 1.29 is 38.0 Å². The van der Waals surface area contributed by atoms with Crippen LogP contribution in [0.2, 0.25) is 36.3 Å². The zero-order chi connectivity index (χ0) is 40.2. The monoisotopic (exact) mass is 784 g/mol. The maximum atomic E-state index is 11.2. The van der Waals surface area contributed by atoms with Gasteiger partial charge in [-0.2, -0.15) is 0 Å². The Morgan fingerprint density at radius 3 is 2.06 bits per heavy atom. The smallest absolute Gasteiger partial charge is 0.193 e. The van der Waals surface area contributed by atoms with Crippen LogP contribution in [-0.2, 0) is 36.3 Å². The number of hydrogen-bond acceptors (Lipinski definition) is 8. The minimum atomic E-state index is -2.12. The van der Waals surface area contributed by atoms with Gasteiger partial charge in [0.05, 0.1) is 64.1 Å². The van der Waals surface area contributed by atoms with E-state index in [0.717, 1.165) is 23.3 Å². The predicted octanol–water partition coefficient (Wildman–Crippen LogP) is 9.29. The minimum absolute atomic E-state index is 0.0206. The first-order valence-corrected chi connectivity index (χ1v) is 25.7. The van der Waals surface area contributed by atoms with Crippen molar-refractivity contribution in [1.82, 2.24) is 0 Å². The SMILES string of the molecule is COc1ccc(COC[C@H](C#CCC(O)CC[C@H](O)[C@H](C)C[C@H]2O[C@H](COCc3ccccc3)C[C@H]2O[Si](C)(C)C(C)(C)C)O[Si](C)(C)C(C)(C)C)cc1. The fourth-order valence-corrected chi connectivity index (χ4v) is 8.43. The van der Waals surface area contributed by atoms with E-state index in [4.69, 9.17) is 27.8 Å². The van der Waals surface area contributed by atoms with Crippen molar-refractivity contribution in [2.75, 3.05) is 20.3 Å². The molecule has 0 amide bonds. The lowest BCUT2D eigenvalue weighted by Gasteiger charge is -2.39. The third-order valence-electron chi connectivity index (χ3n) is 11.5. The van der Waals surface area contributed by atoms with Crippen LogP contribution in [0.25, 0.3) is 0 Å². The fraction of sp³-hybridized carbons (Fsp3) is 0.682. The van der Waals surface area contributed by atoms with Crippen LogP contribution in [0.3, 0.4) is 0 Å². The van der Waals surface area contributed by atoms with E-state index in [1.54, 1.807) is 7.11 Å². The maximum Gasteiger partial charge on any atom is 0.193 e. The molecular weight excluding hydrogens is 713 g/mol. The first-order chi connectivity index (χ1) is 25.2. The Bertz CT molecular complexity index is 1420. The van der Waals surface area contributed by atoms with Crippen molar-refractivity contribution in [3.8, 4) is 17.6 Å². The van der Waals surface area contributed by atoms with E-state index >= 15 is 0 Å². The molecule has 3 rings (SSSR count). The number of aliphatic hydroxyl groups is 2. The van der Waals surface area contributed by atoms with Gasteiger partial charge in [-0.25, -0.2) is 0 Å². The second kappa shape index (κ2) is 20.9. The van der Waals surface area contributed by atoms with Crippen molar-refractivity contribution in [2.45, 2.75) is 167 Å². The molecule has 0 spiro atoms. The molecule has 1 aliphatic rings. The lowest BCUT2D eigenvalue weighted by Crippen LogP contribution is -2.46. The van der Waals surface area contributed by atoms with Gasteiger partial charge in [-0.1, -0.05) is 103 Å². The van der Waals surface area contributed by atoms with Crippen molar-refractivity contribution in [3.05, 3.63) is 65.7 Å². The third-order valence-corrected chi connectivity index (χ3v) is 20.5. The molecule has 1 aliphatic heterocycles. The third kappa shape index (κ3) is 15.1. The fourth-order valence-electron chi connectivity index (χ4n) is 5.88. The highest BCUT2D eigenvalue weighted by Crippen LogP contribution is 2.41. The first kappa shape index (κ1) is 46.3. The summed E-state index contributed by atoms with van der Waals surface area (Å²) in [5.41, 5.74) is 2.18. The van der Waals surface area contributed by atoms with Crippen LogP contribution in [0, 0.1) is 17.8 Å². The summed E-state index contributed by atoms with van der Waals surface area (Å²) in [6, 6.07) is 18.0. The maximum absolute atomic E-state index is 11.2. The molecule has 0 bridgehead atoms. The summed E-state index contributed by atoms with van der Waals surface area (Å²) < 4.78 is 37.5. The summed E-state index contributed by atoms with van der Waals surface area (Å²) in [6.45, 7) is 26.3. The Labute approximate surface area is 329 Å². The molecule has 8 nitrogen and oxygen atoms in total. The van der Waals surface area contributed by atoms with Crippen LogP contribution in [0.4, 0.5) is 0 Å². The zero-order valence-electron chi connectivity index (χ0n) is 35.4. The lowest BCUT2D eigenvalue weighted by molar-refractivity contribution is -0.0458. The molecule has 1 unspecified atom stereocenters. The molecule has 304 valence electrons. The summed E-state index contributed by atoms with van der Waals surface area (Å²) >= 11 is 0. The van der Waals surface area contributed by atoms with Crippen LogP contribution in [0.1, 0.15) is 91.7 Å². The quantitative estimate of drug-likeness (QED) is 0.101. The highest BCUT2D eigenvalue weighted by Gasteiger charge is 2.45. The molecule has 0 saturated carbocycles. The normalized spacial score (nSPS) is 20.5. The molecule has 1 saturated heterocycles. The topological polar surface area (TPSA) is 95.8 Å². The van der Waals surface area contributed by atoms with Gasteiger partial charge in [-0.3, -0.25) is 0 Å². The molecule has 1 fully saturated rings. The van der Waals surface area contributed by atoms with Gasteiger partial charge >= 0.3 is 0 Å². The minimum Gasteiger partial charge on any atom is -0.497 e. The Morgan fingerprint density at radius 1 is 0.833 bits per heavy atom. The van der Waals surface area contributed by atoms with E-state index in [-0.39, 0.29) is 34.3 Å². The van der Waals surface area contributed by atoms with Crippen molar-refractivity contribution in [3.63, 3.8) is 0 Å². The highest BCUT2D eigenvalue weighted by atomic mass is 28.4. The lowest BCUT2D eigenvalue weighted by atomic mass is 9.91. The van der Waals surface area contributed by atoms with E-state index in [1.807, 2.05) is 42.5 Å². The van der Waals surface area contributed by atoms with Gasteiger partial charge < -0.3 is 38.0 Å². The van der Waals surface area contributed by atoms with E-state index < -0.39 is 34.9 Å². The molecule has 0 radical (unpaired) electrons.